The minimum atomic E-state index is -0.367. The van der Waals surface area contributed by atoms with Gasteiger partial charge in [-0.25, -0.2) is 0 Å². The number of carbonyl (C=O) groups excluding carboxylic acids is 2. The summed E-state index contributed by atoms with van der Waals surface area (Å²) in [5.74, 6) is 0.695. The van der Waals surface area contributed by atoms with Gasteiger partial charge >= 0.3 is 5.97 Å². The second kappa shape index (κ2) is 7.56. The van der Waals surface area contributed by atoms with Gasteiger partial charge < -0.3 is 14.1 Å². The summed E-state index contributed by atoms with van der Waals surface area (Å²) in [5, 5.41) is 0.490. The Morgan fingerprint density at radius 1 is 1.32 bits per heavy atom. The number of aldehydes is 1. The van der Waals surface area contributed by atoms with E-state index in [0.29, 0.717) is 16.7 Å². The molecule has 0 saturated carbocycles. The quantitative estimate of drug-likeness (QED) is 0.265. The zero-order chi connectivity index (χ0) is 15.9. The first-order valence-electron chi connectivity index (χ1n) is 6.50. The van der Waals surface area contributed by atoms with Gasteiger partial charge in [-0.2, -0.15) is 4.98 Å². The first kappa shape index (κ1) is 16.0. The number of carbonyl (C=O) groups is 2. The second-order valence-corrected chi connectivity index (χ2v) is 5.34. The van der Waals surface area contributed by atoms with E-state index in [0.717, 1.165) is 11.8 Å². The third-order valence-electron chi connectivity index (χ3n) is 2.67. The Balaban J connectivity index is 2.06. The molecule has 22 heavy (non-hydrogen) atoms. The maximum atomic E-state index is 11.3. The highest BCUT2D eigenvalue weighted by Gasteiger charge is 2.05. The van der Waals surface area contributed by atoms with Crippen LogP contribution in [0, 0.1) is 0 Å². The van der Waals surface area contributed by atoms with Crippen molar-refractivity contribution in [3.8, 4) is 5.75 Å². The van der Waals surface area contributed by atoms with Crippen LogP contribution < -0.4 is 10.3 Å². The van der Waals surface area contributed by atoms with Crippen LogP contribution in [0.15, 0.2) is 46.5 Å². The van der Waals surface area contributed by atoms with Gasteiger partial charge in [-0.1, -0.05) is 23.9 Å². The van der Waals surface area contributed by atoms with Crippen LogP contribution in [0.3, 0.4) is 0 Å². The average Bonchev–Trinajstić information content (AvgIpc) is 2.48. The molecule has 0 fully saturated rings. The SMILES string of the molecule is CC(=O)Oc1ccc(CSc2nc(=O)ccn2CC=O)cc1. The molecule has 0 atom stereocenters. The van der Waals surface area contributed by atoms with Crippen molar-refractivity contribution in [3.63, 3.8) is 0 Å². The molecule has 0 aliphatic rings. The molecule has 0 aliphatic heterocycles. The van der Waals surface area contributed by atoms with Gasteiger partial charge in [-0.05, 0) is 17.7 Å². The third-order valence-corrected chi connectivity index (χ3v) is 3.73. The van der Waals surface area contributed by atoms with Crippen LogP contribution in [0.25, 0.3) is 0 Å². The molecular formula is C15H14N2O4S. The molecule has 0 bridgehead atoms. The Bertz CT molecular complexity index is 725. The highest BCUT2D eigenvalue weighted by molar-refractivity contribution is 7.98. The van der Waals surface area contributed by atoms with Gasteiger partial charge in [0.25, 0.3) is 5.56 Å². The van der Waals surface area contributed by atoms with E-state index in [1.807, 2.05) is 12.1 Å². The zero-order valence-electron chi connectivity index (χ0n) is 11.9. The van der Waals surface area contributed by atoms with Gasteiger partial charge in [0.15, 0.2) is 5.16 Å². The summed E-state index contributed by atoms with van der Waals surface area (Å²) in [7, 11) is 0. The van der Waals surface area contributed by atoms with Gasteiger partial charge in [0.1, 0.15) is 12.0 Å². The van der Waals surface area contributed by atoms with Crippen molar-refractivity contribution in [2.75, 3.05) is 0 Å². The second-order valence-electron chi connectivity index (χ2n) is 4.39. The highest BCUT2D eigenvalue weighted by atomic mass is 32.2. The minimum Gasteiger partial charge on any atom is -0.427 e. The molecular weight excluding hydrogens is 304 g/mol. The van der Waals surface area contributed by atoms with Crippen LogP contribution in [0.4, 0.5) is 0 Å². The van der Waals surface area contributed by atoms with E-state index in [4.69, 9.17) is 4.74 Å². The van der Waals surface area contributed by atoms with Crippen molar-refractivity contribution in [1.82, 2.24) is 9.55 Å². The third kappa shape index (κ3) is 4.56. The Hall–Kier alpha value is -2.41. The normalized spacial score (nSPS) is 10.2. The Labute approximate surface area is 131 Å². The fraction of sp³-hybridized carbons (Fsp3) is 0.200. The summed E-state index contributed by atoms with van der Waals surface area (Å²) in [6, 6.07) is 8.39. The van der Waals surface area contributed by atoms with Gasteiger partial charge in [0.05, 0.1) is 6.54 Å². The van der Waals surface area contributed by atoms with E-state index in [1.54, 1.807) is 22.9 Å². The molecule has 6 nitrogen and oxygen atoms in total. The van der Waals surface area contributed by atoms with Crippen LogP contribution in [0.5, 0.6) is 5.75 Å². The molecule has 1 heterocycles. The fourth-order valence-electron chi connectivity index (χ4n) is 1.72. The van der Waals surface area contributed by atoms with Gasteiger partial charge in [0.2, 0.25) is 0 Å². The summed E-state index contributed by atoms with van der Waals surface area (Å²) in [6.45, 7) is 1.50. The van der Waals surface area contributed by atoms with E-state index in [2.05, 4.69) is 4.98 Å². The van der Waals surface area contributed by atoms with E-state index in [1.165, 1.54) is 24.8 Å². The Morgan fingerprint density at radius 2 is 2.05 bits per heavy atom. The lowest BCUT2D eigenvalue weighted by atomic mass is 10.2. The maximum Gasteiger partial charge on any atom is 0.308 e. The van der Waals surface area contributed by atoms with Crippen molar-refractivity contribution in [3.05, 3.63) is 52.4 Å². The van der Waals surface area contributed by atoms with Crippen molar-refractivity contribution in [2.24, 2.45) is 0 Å². The maximum absolute atomic E-state index is 11.3. The summed E-state index contributed by atoms with van der Waals surface area (Å²) in [5.41, 5.74) is 0.645. The van der Waals surface area contributed by atoms with Gasteiger partial charge in [-0.3, -0.25) is 9.59 Å². The number of hydrogen-bond donors (Lipinski definition) is 0. The van der Waals surface area contributed by atoms with Crippen LogP contribution in [-0.2, 0) is 21.9 Å². The van der Waals surface area contributed by atoms with Crippen LogP contribution in [0.2, 0.25) is 0 Å². The zero-order valence-corrected chi connectivity index (χ0v) is 12.7. The van der Waals surface area contributed by atoms with E-state index < -0.39 is 0 Å². The van der Waals surface area contributed by atoms with Crippen molar-refractivity contribution >= 4 is 24.0 Å². The standard InChI is InChI=1S/C15H14N2O4S/c1-11(19)21-13-4-2-12(3-5-13)10-22-15-16-14(20)6-7-17(15)8-9-18/h2-7,9H,8,10H2,1H3. The molecule has 0 amide bonds. The lowest BCUT2D eigenvalue weighted by molar-refractivity contribution is -0.131. The topological polar surface area (TPSA) is 78.3 Å². The summed E-state index contributed by atoms with van der Waals surface area (Å²) in [6.07, 6.45) is 2.31. The molecule has 7 heteroatoms. The lowest BCUT2D eigenvalue weighted by Crippen LogP contribution is -2.13. The summed E-state index contributed by atoms with van der Waals surface area (Å²) in [4.78, 5) is 36.7. The van der Waals surface area contributed by atoms with E-state index in [-0.39, 0.29) is 18.1 Å². The molecule has 1 aromatic carbocycles. The van der Waals surface area contributed by atoms with E-state index in [9.17, 15) is 14.4 Å². The van der Waals surface area contributed by atoms with Gasteiger partial charge in [-0.15, -0.1) is 0 Å². The van der Waals surface area contributed by atoms with Crippen molar-refractivity contribution in [1.29, 1.82) is 0 Å². The number of thioether (sulfide) groups is 1. The first-order valence-corrected chi connectivity index (χ1v) is 7.48. The van der Waals surface area contributed by atoms with Crippen LogP contribution in [0.1, 0.15) is 12.5 Å². The molecule has 0 unspecified atom stereocenters. The van der Waals surface area contributed by atoms with Crippen LogP contribution >= 0.6 is 11.8 Å². The largest absolute Gasteiger partial charge is 0.427 e. The molecule has 1 aromatic heterocycles. The molecule has 114 valence electrons. The fourth-order valence-corrected chi connectivity index (χ4v) is 2.66. The number of benzene rings is 1. The predicted octanol–water partition coefficient (Wildman–Crippen LogP) is 1.66. The molecule has 0 radical (unpaired) electrons. The highest BCUT2D eigenvalue weighted by Crippen LogP contribution is 2.21. The predicted molar refractivity (Wildman–Crippen MR) is 81.9 cm³/mol. The summed E-state index contributed by atoms with van der Waals surface area (Å²) >= 11 is 1.36. The average molecular weight is 318 g/mol. The van der Waals surface area contributed by atoms with E-state index >= 15 is 0 Å². The van der Waals surface area contributed by atoms with Crippen LogP contribution in [-0.4, -0.2) is 21.8 Å². The molecule has 2 aromatic rings. The summed E-state index contributed by atoms with van der Waals surface area (Å²) < 4.78 is 6.57. The lowest BCUT2D eigenvalue weighted by Gasteiger charge is -2.08. The molecule has 0 aliphatic carbocycles. The Kier molecular flexibility index (Phi) is 5.48. The van der Waals surface area contributed by atoms with Gasteiger partial charge in [0, 0.05) is 24.9 Å². The number of aromatic nitrogens is 2. The van der Waals surface area contributed by atoms with Crippen molar-refractivity contribution < 1.29 is 14.3 Å². The smallest absolute Gasteiger partial charge is 0.308 e. The Morgan fingerprint density at radius 3 is 2.68 bits per heavy atom. The minimum absolute atomic E-state index is 0.154. The monoisotopic (exact) mass is 318 g/mol. The number of nitrogens with zero attached hydrogens (tertiary/aromatic N) is 2. The number of esters is 1. The molecule has 0 saturated heterocycles. The molecule has 0 spiro atoms. The number of hydrogen-bond acceptors (Lipinski definition) is 6. The molecule has 0 N–H and O–H groups in total. The first-order chi connectivity index (χ1) is 10.6. The van der Waals surface area contributed by atoms with Crippen molar-refractivity contribution in [2.45, 2.75) is 24.4 Å². The number of rotatable bonds is 6. The molecule has 2 rings (SSSR count). The number of ether oxygens (including phenoxy) is 1.